The van der Waals surface area contributed by atoms with E-state index in [4.69, 9.17) is 0 Å². The van der Waals surface area contributed by atoms with Gasteiger partial charge in [-0.25, -0.2) is 12.8 Å². The molecular weight excluding hydrogens is 397 g/mol. The number of benzene rings is 2. The highest BCUT2D eigenvalue weighted by atomic mass is 32.2. The molecule has 0 atom stereocenters. The summed E-state index contributed by atoms with van der Waals surface area (Å²) in [5, 5.41) is 5.04. The zero-order valence-electron chi connectivity index (χ0n) is 15.7. The van der Waals surface area contributed by atoms with Crippen LogP contribution in [0.4, 0.5) is 10.1 Å². The van der Waals surface area contributed by atoms with Crippen LogP contribution in [0.1, 0.15) is 29.6 Å². The van der Waals surface area contributed by atoms with Crippen molar-refractivity contribution in [2.45, 2.75) is 24.2 Å². The van der Waals surface area contributed by atoms with Crippen LogP contribution in [-0.2, 0) is 14.8 Å². The van der Waals surface area contributed by atoms with Crippen LogP contribution < -0.4 is 10.6 Å². The minimum atomic E-state index is -3.53. The van der Waals surface area contributed by atoms with Crippen LogP contribution in [0.25, 0.3) is 0 Å². The van der Waals surface area contributed by atoms with Gasteiger partial charge in [0, 0.05) is 24.3 Å². The Hall–Kier alpha value is -2.78. The lowest BCUT2D eigenvalue weighted by atomic mass is 10.2. The molecule has 1 fully saturated rings. The quantitative estimate of drug-likeness (QED) is 0.751. The topological polar surface area (TPSA) is 95.6 Å². The maximum atomic E-state index is 12.9. The van der Waals surface area contributed by atoms with Gasteiger partial charge in [-0.1, -0.05) is 6.42 Å². The Kier molecular flexibility index (Phi) is 6.60. The monoisotopic (exact) mass is 419 g/mol. The number of halogens is 1. The van der Waals surface area contributed by atoms with Crippen molar-refractivity contribution < 1.29 is 22.4 Å². The summed E-state index contributed by atoms with van der Waals surface area (Å²) in [6.07, 6.45) is 2.75. The van der Waals surface area contributed by atoms with Gasteiger partial charge in [-0.2, -0.15) is 4.31 Å². The van der Waals surface area contributed by atoms with Gasteiger partial charge in [0.25, 0.3) is 5.91 Å². The molecule has 1 heterocycles. The third kappa shape index (κ3) is 5.39. The van der Waals surface area contributed by atoms with Crippen LogP contribution in [0.2, 0.25) is 0 Å². The molecule has 7 nitrogen and oxygen atoms in total. The third-order valence-corrected chi connectivity index (χ3v) is 6.52. The summed E-state index contributed by atoms with van der Waals surface area (Å²) in [5.41, 5.74) is 0.662. The Bertz CT molecular complexity index is 970. The standard InChI is InChI=1S/C20H22FN3O4S/c21-16-6-4-15(5-7-16)20(26)22-14-19(25)23-17-8-10-18(11-9-17)29(27,28)24-12-2-1-3-13-24/h4-11H,1-3,12-14H2,(H,22,26)(H,23,25). The van der Waals surface area contributed by atoms with Crippen LogP contribution in [0, 0.1) is 5.82 Å². The lowest BCUT2D eigenvalue weighted by Crippen LogP contribution is -2.35. The molecule has 154 valence electrons. The van der Waals surface area contributed by atoms with Crippen molar-refractivity contribution in [3.63, 3.8) is 0 Å². The Morgan fingerprint density at radius 2 is 1.55 bits per heavy atom. The summed E-state index contributed by atoms with van der Waals surface area (Å²) in [6.45, 7) is 0.771. The first-order valence-electron chi connectivity index (χ1n) is 9.30. The van der Waals surface area contributed by atoms with Crippen molar-refractivity contribution in [3.8, 4) is 0 Å². The van der Waals surface area contributed by atoms with Gasteiger partial charge in [0.2, 0.25) is 15.9 Å². The number of piperidine rings is 1. The van der Waals surface area contributed by atoms with Gasteiger partial charge < -0.3 is 10.6 Å². The zero-order chi connectivity index (χ0) is 20.9. The average Bonchev–Trinajstić information content (AvgIpc) is 2.73. The van der Waals surface area contributed by atoms with Crippen molar-refractivity contribution >= 4 is 27.5 Å². The molecule has 0 bridgehead atoms. The first-order valence-corrected chi connectivity index (χ1v) is 10.7. The summed E-state index contributed by atoms with van der Waals surface area (Å²) >= 11 is 0. The highest BCUT2D eigenvalue weighted by Gasteiger charge is 2.25. The second-order valence-corrected chi connectivity index (χ2v) is 8.66. The first kappa shape index (κ1) is 20.9. The molecule has 2 aromatic rings. The first-order chi connectivity index (χ1) is 13.9. The number of sulfonamides is 1. The number of anilines is 1. The molecule has 0 aromatic heterocycles. The fraction of sp³-hybridized carbons (Fsp3) is 0.300. The van der Waals surface area contributed by atoms with E-state index in [9.17, 15) is 22.4 Å². The summed E-state index contributed by atoms with van der Waals surface area (Å²) < 4.78 is 39.6. The summed E-state index contributed by atoms with van der Waals surface area (Å²) in [4.78, 5) is 24.1. The van der Waals surface area contributed by atoms with E-state index >= 15 is 0 Å². The van der Waals surface area contributed by atoms with E-state index in [1.54, 1.807) is 0 Å². The Labute approximate surface area is 169 Å². The van der Waals surface area contributed by atoms with Crippen molar-refractivity contribution in [1.29, 1.82) is 0 Å². The Balaban J connectivity index is 1.54. The number of carbonyl (C=O) groups excluding carboxylic acids is 2. The molecule has 2 amide bonds. The van der Waals surface area contributed by atoms with Crippen molar-refractivity contribution in [2.75, 3.05) is 25.0 Å². The molecule has 0 unspecified atom stereocenters. The maximum Gasteiger partial charge on any atom is 0.251 e. The zero-order valence-corrected chi connectivity index (χ0v) is 16.5. The van der Waals surface area contributed by atoms with Gasteiger partial charge in [-0.15, -0.1) is 0 Å². The summed E-state index contributed by atoms with van der Waals surface area (Å²) in [7, 11) is -3.53. The number of amides is 2. The Morgan fingerprint density at radius 1 is 0.931 bits per heavy atom. The fourth-order valence-corrected chi connectivity index (χ4v) is 4.55. The molecule has 0 spiro atoms. The fourth-order valence-electron chi connectivity index (χ4n) is 3.03. The lowest BCUT2D eigenvalue weighted by molar-refractivity contribution is -0.115. The molecule has 1 aliphatic rings. The number of rotatable bonds is 6. The molecule has 29 heavy (non-hydrogen) atoms. The molecule has 9 heteroatoms. The van der Waals surface area contributed by atoms with Gasteiger partial charge in [0.15, 0.2) is 0 Å². The number of hydrogen-bond acceptors (Lipinski definition) is 4. The second-order valence-electron chi connectivity index (χ2n) is 6.73. The normalized spacial score (nSPS) is 14.9. The van der Waals surface area contributed by atoms with Crippen molar-refractivity contribution in [1.82, 2.24) is 9.62 Å². The molecule has 2 aromatic carbocycles. The summed E-state index contributed by atoms with van der Waals surface area (Å²) in [6, 6.07) is 10.9. The summed E-state index contributed by atoms with van der Waals surface area (Å²) in [5.74, 6) is -1.42. The van der Waals surface area contributed by atoms with Gasteiger partial charge in [0.05, 0.1) is 11.4 Å². The van der Waals surface area contributed by atoms with Crippen LogP contribution >= 0.6 is 0 Å². The number of nitrogens with one attached hydrogen (secondary N) is 2. The molecule has 0 aliphatic carbocycles. The average molecular weight is 419 g/mol. The molecular formula is C20H22FN3O4S. The van der Waals surface area contributed by atoms with Crippen molar-refractivity contribution in [2.24, 2.45) is 0 Å². The smallest absolute Gasteiger partial charge is 0.251 e. The van der Waals surface area contributed by atoms with E-state index in [-0.39, 0.29) is 17.0 Å². The van der Waals surface area contributed by atoms with E-state index < -0.39 is 27.7 Å². The van der Waals surface area contributed by atoms with E-state index in [1.807, 2.05) is 0 Å². The van der Waals surface area contributed by atoms with Gasteiger partial charge >= 0.3 is 0 Å². The molecule has 0 radical (unpaired) electrons. The molecule has 0 saturated carbocycles. The van der Waals surface area contributed by atoms with Gasteiger partial charge in [0.1, 0.15) is 5.82 Å². The minimum Gasteiger partial charge on any atom is -0.343 e. The highest BCUT2D eigenvalue weighted by Crippen LogP contribution is 2.21. The number of nitrogens with zero attached hydrogens (tertiary/aromatic N) is 1. The van der Waals surface area contributed by atoms with Crippen LogP contribution in [0.15, 0.2) is 53.4 Å². The maximum absolute atomic E-state index is 12.9. The molecule has 1 saturated heterocycles. The van der Waals surface area contributed by atoms with E-state index in [2.05, 4.69) is 10.6 Å². The second kappa shape index (κ2) is 9.15. The third-order valence-electron chi connectivity index (χ3n) is 4.61. The lowest BCUT2D eigenvalue weighted by Gasteiger charge is -2.25. The Morgan fingerprint density at radius 3 is 2.17 bits per heavy atom. The number of hydrogen-bond donors (Lipinski definition) is 2. The van der Waals surface area contributed by atoms with Gasteiger partial charge in [-0.05, 0) is 61.4 Å². The highest BCUT2D eigenvalue weighted by molar-refractivity contribution is 7.89. The van der Waals surface area contributed by atoms with Crippen molar-refractivity contribution in [3.05, 3.63) is 59.9 Å². The molecule has 2 N–H and O–H groups in total. The van der Waals surface area contributed by atoms with Crippen LogP contribution in [0.5, 0.6) is 0 Å². The van der Waals surface area contributed by atoms with Gasteiger partial charge in [-0.3, -0.25) is 9.59 Å². The molecule has 1 aliphatic heterocycles. The largest absolute Gasteiger partial charge is 0.343 e. The SMILES string of the molecule is O=C(CNC(=O)c1ccc(F)cc1)Nc1ccc(S(=O)(=O)N2CCCCC2)cc1. The van der Waals surface area contributed by atoms with Crippen LogP contribution in [0.3, 0.4) is 0 Å². The van der Waals surface area contributed by atoms with E-state index in [0.29, 0.717) is 18.8 Å². The predicted molar refractivity (Wildman–Crippen MR) is 106 cm³/mol. The number of carbonyl (C=O) groups is 2. The van der Waals surface area contributed by atoms with Crippen LogP contribution in [-0.4, -0.2) is 44.2 Å². The minimum absolute atomic E-state index is 0.182. The van der Waals surface area contributed by atoms with E-state index in [1.165, 1.54) is 40.7 Å². The predicted octanol–water partition coefficient (Wildman–Crippen LogP) is 2.37. The van der Waals surface area contributed by atoms with E-state index in [0.717, 1.165) is 31.4 Å². The molecule has 3 rings (SSSR count).